The molecule has 3 rings (SSSR count). The van der Waals surface area contributed by atoms with Crippen LogP contribution in [0.4, 0.5) is 4.39 Å². The van der Waals surface area contributed by atoms with E-state index in [-0.39, 0.29) is 5.56 Å². The fourth-order valence-corrected chi connectivity index (χ4v) is 2.10. The predicted molar refractivity (Wildman–Crippen MR) is 77.7 cm³/mol. The molecule has 0 spiro atoms. The molecule has 102 valence electrons. The lowest BCUT2D eigenvalue weighted by atomic mass is 10.2. The maximum Gasteiger partial charge on any atom is 0.153 e. The number of fused-ring (bicyclic) bond motifs is 1. The van der Waals surface area contributed by atoms with E-state index in [0.717, 1.165) is 17.1 Å². The summed E-state index contributed by atoms with van der Waals surface area (Å²) in [5.74, 6) is 0.389. The van der Waals surface area contributed by atoms with Gasteiger partial charge in [0.15, 0.2) is 5.75 Å². The van der Waals surface area contributed by atoms with Gasteiger partial charge in [0.25, 0.3) is 0 Å². The van der Waals surface area contributed by atoms with Crippen molar-refractivity contribution in [2.45, 2.75) is 6.92 Å². The average molecular weight is 278 g/mol. The highest BCUT2D eigenvalue weighted by atomic mass is 19.1. The van der Waals surface area contributed by atoms with Gasteiger partial charge in [-0.15, -0.1) is 0 Å². The number of aromatic nitrogens is 1. The molecule has 0 fully saturated rings. The summed E-state index contributed by atoms with van der Waals surface area (Å²) < 4.78 is 18.9. The number of nitriles is 1. The molecule has 0 amide bonds. The monoisotopic (exact) mass is 278 g/mol. The Morgan fingerprint density at radius 1 is 1.10 bits per heavy atom. The van der Waals surface area contributed by atoms with E-state index in [9.17, 15) is 4.39 Å². The summed E-state index contributed by atoms with van der Waals surface area (Å²) in [6.45, 7) is 1.90. The Balaban J connectivity index is 2.11. The van der Waals surface area contributed by atoms with Crippen LogP contribution in [0.3, 0.4) is 0 Å². The van der Waals surface area contributed by atoms with Crippen LogP contribution in [0.25, 0.3) is 10.9 Å². The van der Waals surface area contributed by atoms with Crippen molar-refractivity contribution in [1.82, 2.24) is 4.98 Å². The molecule has 0 aliphatic rings. The van der Waals surface area contributed by atoms with Crippen molar-refractivity contribution in [3.05, 3.63) is 65.6 Å². The lowest BCUT2D eigenvalue weighted by Gasteiger charge is -2.10. The van der Waals surface area contributed by atoms with E-state index in [2.05, 4.69) is 4.98 Å². The van der Waals surface area contributed by atoms with Gasteiger partial charge in [-0.1, -0.05) is 18.2 Å². The molecule has 1 aromatic heterocycles. The fraction of sp³-hybridized carbons (Fsp3) is 0.0588. The van der Waals surface area contributed by atoms with Gasteiger partial charge in [-0.05, 0) is 37.3 Å². The third-order valence-electron chi connectivity index (χ3n) is 3.10. The first kappa shape index (κ1) is 13.1. The van der Waals surface area contributed by atoms with Crippen molar-refractivity contribution in [1.29, 1.82) is 5.26 Å². The molecule has 0 aliphatic heterocycles. The number of halogens is 1. The molecule has 0 N–H and O–H groups in total. The molecule has 0 saturated heterocycles. The summed E-state index contributed by atoms with van der Waals surface area (Å²) in [6.07, 6.45) is 0. The molecular formula is C17H11FN2O. The van der Waals surface area contributed by atoms with E-state index >= 15 is 0 Å². The minimum absolute atomic E-state index is 0.152. The van der Waals surface area contributed by atoms with Crippen LogP contribution in [-0.4, -0.2) is 4.98 Å². The molecule has 0 bridgehead atoms. The van der Waals surface area contributed by atoms with Gasteiger partial charge in [-0.2, -0.15) is 5.26 Å². The molecule has 1 heterocycles. The third kappa shape index (κ3) is 2.54. The van der Waals surface area contributed by atoms with E-state index in [1.807, 2.05) is 37.3 Å². The zero-order valence-electron chi connectivity index (χ0n) is 11.3. The van der Waals surface area contributed by atoms with E-state index in [1.54, 1.807) is 6.07 Å². The van der Waals surface area contributed by atoms with Crippen LogP contribution in [0.2, 0.25) is 0 Å². The summed E-state index contributed by atoms with van der Waals surface area (Å²) in [5.41, 5.74) is 1.74. The zero-order chi connectivity index (χ0) is 14.8. The highest BCUT2D eigenvalue weighted by Crippen LogP contribution is 2.30. The maximum absolute atomic E-state index is 13.2. The van der Waals surface area contributed by atoms with Gasteiger partial charge in [-0.25, -0.2) is 9.37 Å². The van der Waals surface area contributed by atoms with Crippen LogP contribution in [-0.2, 0) is 0 Å². The molecule has 4 heteroatoms. The SMILES string of the molecule is Cc1ccc2cccc(Oc3ccc(F)cc3C#N)c2n1. The summed E-state index contributed by atoms with van der Waals surface area (Å²) >= 11 is 0. The van der Waals surface area contributed by atoms with Gasteiger partial charge in [0.2, 0.25) is 0 Å². The van der Waals surface area contributed by atoms with E-state index in [1.165, 1.54) is 12.1 Å². The first-order chi connectivity index (χ1) is 10.2. The van der Waals surface area contributed by atoms with Gasteiger partial charge in [0.05, 0.1) is 5.56 Å². The minimum atomic E-state index is -0.467. The van der Waals surface area contributed by atoms with E-state index < -0.39 is 5.82 Å². The number of nitrogens with zero attached hydrogens (tertiary/aromatic N) is 2. The molecule has 0 saturated carbocycles. The first-order valence-electron chi connectivity index (χ1n) is 6.41. The van der Waals surface area contributed by atoms with Gasteiger partial charge in [0, 0.05) is 11.1 Å². The molecule has 0 atom stereocenters. The van der Waals surface area contributed by atoms with Gasteiger partial charge >= 0.3 is 0 Å². The Labute approximate surface area is 121 Å². The Hall–Kier alpha value is -2.93. The van der Waals surface area contributed by atoms with Gasteiger partial charge < -0.3 is 4.74 Å². The predicted octanol–water partition coefficient (Wildman–Crippen LogP) is 4.35. The number of hydrogen-bond donors (Lipinski definition) is 0. The summed E-state index contributed by atoms with van der Waals surface area (Å²) in [6, 6.07) is 15.2. The van der Waals surface area contributed by atoms with Crippen molar-refractivity contribution < 1.29 is 9.13 Å². The zero-order valence-corrected chi connectivity index (χ0v) is 11.3. The number of ether oxygens (including phenoxy) is 1. The number of hydrogen-bond acceptors (Lipinski definition) is 3. The topological polar surface area (TPSA) is 45.9 Å². The fourth-order valence-electron chi connectivity index (χ4n) is 2.10. The van der Waals surface area contributed by atoms with E-state index in [0.29, 0.717) is 17.0 Å². The Morgan fingerprint density at radius 2 is 1.95 bits per heavy atom. The Morgan fingerprint density at radius 3 is 2.76 bits per heavy atom. The molecule has 0 unspecified atom stereocenters. The molecule has 0 radical (unpaired) electrons. The number of rotatable bonds is 2. The summed E-state index contributed by atoms with van der Waals surface area (Å²) in [7, 11) is 0. The van der Waals surface area contributed by atoms with Crippen LogP contribution in [0.15, 0.2) is 48.5 Å². The van der Waals surface area contributed by atoms with Crippen LogP contribution >= 0.6 is 0 Å². The summed E-state index contributed by atoms with van der Waals surface area (Å²) in [5, 5.41) is 10.0. The normalized spacial score (nSPS) is 10.3. The molecule has 21 heavy (non-hydrogen) atoms. The standard InChI is InChI=1S/C17H11FN2O/c1-11-5-6-12-3-2-4-16(17(12)20-11)21-15-8-7-14(18)9-13(15)10-19/h2-9H,1H3. The van der Waals surface area contributed by atoms with E-state index in [4.69, 9.17) is 10.00 Å². The van der Waals surface area contributed by atoms with Crippen molar-refractivity contribution in [2.75, 3.05) is 0 Å². The number of benzene rings is 2. The largest absolute Gasteiger partial charge is 0.454 e. The van der Waals surface area contributed by atoms with Gasteiger partial charge in [-0.3, -0.25) is 0 Å². The minimum Gasteiger partial charge on any atom is -0.454 e. The number of para-hydroxylation sites is 1. The third-order valence-corrected chi connectivity index (χ3v) is 3.10. The lowest BCUT2D eigenvalue weighted by molar-refractivity contribution is 0.483. The second kappa shape index (κ2) is 5.22. The number of aryl methyl sites for hydroxylation is 1. The van der Waals surface area contributed by atoms with Crippen molar-refractivity contribution in [3.63, 3.8) is 0 Å². The highest BCUT2D eigenvalue weighted by molar-refractivity contribution is 5.84. The molecule has 0 aliphatic carbocycles. The first-order valence-corrected chi connectivity index (χ1v) is 6.41. The smallest absolute Gasteiger partial charge is 0.153 e. The van der Waals surface area contributed by atoms with Crippen molar-refractivity contribution in [3.8, 4) is 17.6 Å². The molecule has 3 aromatic rings. The van der Waals surface area contributed by atoms with Crippen LogP contribution in [0, 0.1) is 24.1 Å². The maximum atomic E-state index is 13.2. The molecule has 3 nitrogen and oxygen atoms in total. The van der Waals surface area contributed by atoms with Crippen molar-refractivity contribution in [2.24, 2.45) is 0 Å². The summed E-state index contributed by atoms with van der Waals surface area (Å²) in [4.78, 5) is 4.46. The van der Waals surface area contributed by atoms with Crippen molar-refractivity contribution >= 4 is 10.9 Å². The van der Waals surface area contributed by atoms with Crippen LogP contribution in [0.1, 0.15) is 11.3 Å². The average Bonchev–Trinajstić information content (AvgIpc) is 2.49. The quantitative estimate of drug-likeness (QED) is 0.700. The second-order valence-corrected chi connectivity index (χ2v) is 4.63. The van der Waals surface area contributed by atoms with Crippen LogP contribution in [0.5, 0.6) is 11.5 Å². The molecular weight excluding hydrogens is 267 g/mol. The lowest BCUT2D eigenvalue weighted by Crippen LogP contribution is -1.92. The molecule has 2 aromatic carbocycles. The second-order valence-electron chi connectivity index (χ2n) is 4.63. The van der Waals surface area contributed by atoms with Crippen LogP contribution < -0.4 is 4.74 Å². The Kier molecular flexibility index (Phi) is 3.25. The number of pyridine rings is 1. The Bertz CT molecular complexity index is 868. The highest BCUT2D eigenvalue weighted by Gasteiger charge is 2.09. The van der Waals surface area contributed by atoms with Gasteiger partial charge in [0.1, 0.15) is 23.2 Å².